The second-order valence-electron chi connectivity index (χ2n) is 2.64. The SMILES string of the molecule is CCn1nc2ccc(N)cc2n1. The summed E-state index contributed by atoms with van der Waals surface area (Å²) in [5, 5.41) is 8.44. The van der Waals surface area contributed by atoms with Gasteiger partial charge in [-0.2, -0.15) is 15.0 Å². The lowest BCUT2D eigenvalue weighted by atomic mass is 10.3. The van der Waals surface area contributed by atoms with E-state index in [2.05, 4.69) is 10.2 Å². The number of hydrogen-bond donors (Lipinski definition) is 1. The van der Waals surface area contributed by atoms with Gasteiger partial charge in [0.2, 0.25) is 0 Å². The van der Waals surface area contributed by atoms with Crippen LogP contribution in [0.15, 0.2) is 18.2 Å². The van der Waals surface area contributed by atoms with Crippen LogP contribution in [0, 0.1) is 0 Å². The van der Waals surface area contributed by atoms with E-state index in [9.17, 15) is 0 Å². The van der Waals surface area contributed by atoms with Gasteiger partial charge < -0.3 is 5.73 Å². The number of nitrogens with two attached hydrogens (primary N) is 1. The average molecular weight is 162 g/mol. The zero-order chi connectivity index (χ0) is 8.55. The molecule has 0 aliphatic heterocycles. The number of fused-ring (bicyclic) bond motifs is 1. The molecule has 1 aromatic carbocycles. The maximum atomic E-state index is 5.60. The Morgan fingerprint density at radius 3 is 2.83 bits per heavy atom. The van der Waals surface area contributed by atoms with Gasteiger partial charge in [0.1, 0.15) is 11.0 Å². The Morgan fingerprint density at radius 1 is 1.33 bits per heavy atom. The van der Waals surface area contributed by atoms with E-state index in [-0.39, 0.29) is 0 Å². The smallest absolute Gasteiger partial charge is 0.115 e. The summed E-state index contributed by atoms with van der Waals surface area (Å²) >= 11 is 0. The summed E-state index contributed by atoms with van der Waals surface area (Å²) in [7, 11) is 0. The number of aromatic nitrogens is 3. The van der Waals surface area contributed by atoms with Crippen LogP contribution in [0.5, 0.6) is 0 Å². The van der Waals surface area contributed by atoms with Crippen molar-refractivity contribution in [2.45, 2.75) is 13.5 Å². The fourth-order valence-corrected chi connectivity index (χ4v) is 1.12. The maximum absolute atomic E-state index is 5.60. The van der Waals surface area contributed by atoms with Gasteiger partial charge in [0, 0.05) is 5.69 Å². The van der Waals surface area contributed by atoms with Gasteiger partial charge in [-0.1, -0.05) is 0 Å². The molecule has 0 fully saturated rings. The van der Waals surface area contributed by atoms with Gasteiger partial charge in [-0.15, -0.1) is 0 Å². The molecule has 2 aromatic rings. The van der Waals surface area contributed by atoms with Crippen LogP contribution in [-0.2, 0) is 6.54 Å². The number of nitrogen functional groups attached to an aromatic ring is 1. The van der Waals surface area contributed by atoms with Crippen LogP contribution in [-0.4, -0.2) is 15.0 Å². The molecule has 62 valence electrons. The third-order valence-corrected chi connectivity index (χ3v) is 1.73. The summed E-state index contributed by atoms with van der Waals surface area (Å²) in [5.74, 6) is 0. The van der Waals surface area contributed by atoms with Crippen molar-refractivity contribution < 1.29 is 0 Å². The van der Waals surface area contributed by atoms with E-state index >= 15 is 0 Å². The molecule has 0 unspecified atom stereocenters. The van der Waals surface area contributed by atoms with Crippen LogP contribution < -0.4 is 5.73 Å². The molecular formula is C8H10N4. The molecule has 2 N–H and O–H groups in total. The monoisotopic (exact) mass is 162 g/mol. The van der Waals surface area contributed by atoms with Gasteiger partial charge in [-0.25, -0.2) is 0 Å². The molecule has 0 amide bonds. The minimum atomic E-state index is 0.727. The summed E-state index contributed by atoms with van der Waals surface area (Å²) in [6, 6.07) is 5.54. The second kappa shape index (κ2) is 2.48. The van der Waals surface area contributed by atoms with Crippen LogP contribution >= 0.6 is 0 Å². The van der Waals surface area contributed by atoms with Gasteiger partial charge in [0.15, 0.2) is 0 Å². The summed E-state index contributed by atoms with van der Waals surface area (Å²) in [6.07, 6.45) is 0. The van der Waals surface area contributed by atoms with E-state index in [1.165, 1.54) is 0 Å². The Balaban J connectivity index is 2.67. The molecular weight excluding hydrogens is 152 g/mol. The predicted molar refractivity (Wildman–Crippen MR) is 47.6 cm³/mol. The lowest BCUT2D eigenvalue weighted by Gasteiger charge is -1.87. The number of nitrogens with zero attached hydrogens (tertiary/aromatic N) is 3. The Kier molecular flexibility index (Phi) is 1.46. The van der Waals surface area contributed by atoms with Crippen molar-refractivity contribution in [1.82, 2.24) is 15.0 Å². The van der Waals surface area contributed by atoms with Crippen LogP contribution in [0.2, 0.25) is 0 Å². The highest BCUT2D eigenvalue weighted by Crippen LogP contribution is 2.12. The first-order chi connectivity index (χ1) is 5.79. The molecule has 1 aromatic heterocycles. The second-order valence-corrected chi connectivity index (χ2v) is 2.64. The van der Waals surface area contributed by atoms with Gasteiger partial charge in [0.05, 0.1) is 6.54 Å². The summed E-state index contributed by atoms with van der Waals surface area (Å²) in [6.45, 7) is 2.79. The number of rotatable bonds is 1. The first kappa shape index (κ1) is 7.09. The first-order valence-electron chi connectivity index (χ1n) is 3.90. The van der Waals surface area contributed by atoms with Gasteiger partial charge in [-0.05, 0) is 25.1 Å². The molecule has 0 aliphatic rings. The van der Waals surface area contributed by atoms with Crippen molar-refractivity contribution in [3.8, 4) is 0 Å². The number of anilines is 1. The maximum Gasteiger partial charge on any atom is 0.115 e. The number of hydrogen-bond acceptors (Lipinski definition) is 3. The largest absolute Gasteiger partial charge is 0.399 e. The van der Waals surface area contributed by atoms with Crippen molar-refractivity contribution in [3.63, 3.8) is 0 Å². The van der Waals surface area contributed by atoms with Crippen LogP contribution in [0.3, 0.4) is 0 Å². The lowest BCUT2D eigenvalue weighted by Crippen LogP contribution is -1.97. The molecule has 1 heterocycles. The molecule has 2 rings (SSSR count). The Bertz CT molecular complexity index is 404. The van der Waals surface area contributed by atoms with Crippen molar-refractivity contribution in [2.75, 3.05) is 5.73 Å². The lowest BCUT2D eigenvalue weighted by molar-refractivity contribution is 0.578. The Morgan fingerprint density at radius 2 is 2.08 bits per heavy atom. The minimum absolute atomic E-state index is 0.727. The van der Waals surface area contributed by atoms with Crippen LogP contribution in [0.25, 0.3) is 11.0 Å². The van der Waals surface area contributed by atoms with E-state index in [1.54, 1.807) is 4.80 Å². The van der Waals surface area contributed by atoms with E-state index in [0.29, 0.717) is 0 Å². The minimum Gasteiger partial charge on any atom is -0.399 e. The molecule has 0 saturated carbocycles. The van der Waals surface area contributed by atoms with Crippen molar-refractivity contribution in [2.24, 2.45) is 0 Å². The molecule has 0 spiro atoms. The molecule has 4 nitrogen and oxygen atoms in total. The topological polar surface area (TPSA) is 56.7 Å². The molecule has 0 bridgehead atoms. The number of benzene rings is 1. The summed E-state index contributed by atoms with van der Waals surface area (Å²) in [5.41, 5.74) is 8.08. The Labute approximate surface area is 70.0 Å². The van der Waals surface area contributed by atoms with Gasteiger partial charge in [-0.3, -0.25) is 0 Å². The Hall–Kier alpha value is -1.58. The fraction of sp³-hybridized carbons (Fsp3) is 0.250. The predicted octanol–water partition coefficient (Wildman–Crippen LogP) is 1.03. The molecule has 12 heavy (non-hydrogen) atoms. The van der Waals surface area contributed by atoms with E-state index in [4.69, 9.17) is 5.73 Å². The third-order valence-electron chi connectivity index (χ3n) is 1.73. The number of aryl methyl sites for hydroxylation is 1. The first-order valence-corrected chi connectivity index (χ1v) is 3.90. The highest BCUT2D eigenvalue weighted by atomic mass is 15.5. The van der Waals surface area contributed by atoms with E-state index in [1.807, 2.05) is 25.1 Å². The quantitative estimate of drug-likeness (QED) is 0.637. The zero-order valence-electron chi connectivity index (χ0n) is 6.86. The average Bonchev–Trinajstić information content (AvgIpc) is 2.46. The third kappa shape index (κ3) is 1.01. The van der Waals surface area contributed by atoms with E-state index < -0.39 is 0 Å². The van der Waals surface area contributed by atoms with Crippen molar-refractivity contribution in [3.05, 3.63) is 18.2 Å². The molecule has 0 atom stereocenters. The fourth-order valence-electron chi connectivity index (χ4n) is 1.12. The van der Waals surface area contributed by atoms with Crippen molar-refractivity contribution >= 4 is 16.7 Å². The zero-order valence-corrected chi connectivity index (χ0v) is 6.86. The van der Waals surface area contributed by atoms with E-state index in [0.717, 1.165) is 23.3 Å². The van der Waals surface area contributed by atoms with Gasteiger partial charge >= 0.3 is 0 Å². The normalized spacial score (nSPS) is 10.8. The van der Waals surface area contributed by atoms with Crippen LogP contribution in [0.1, 0.15) is 6.92 Å². The summed E-state index contributed by atoms with van der Waals surface area (Å²) < 4.78 is 0. The van der Waals surface area contributed by atoms with Crippen LogP contribution in [0.4, 0.5) is 5.69 Å². The highest BCUT2D eigenvalue weighted by Gasteiger charge is 1.99. The molecule has 0 saturated heterocycles. The standard InChI is InChI=1S/C8H10N4/c1-2-12-10-7-4-3-6(9)5-8(7)11-12/h3-5H,2,9H2,1H3. The van der Waals surface area contributed by atoms with Crippen molar-refractivity contribution in [1.29, 1.82) is 0 Å². The summed E-state index contributed by atoms with van der Waals surface area (Å²) in [4.78, 5) is 1.66. The molecule has 0 aliphatic carbocycles. The van der Waals surface area contributed by atoms with Gasteiger partial charge in [0.25, 0.3) is 0 Å². The highest BCUT2D eigenvalue weighted by molar-refractivity contribution is 5.77. The molecule has 4 heteroatoms. The molecule has 0 radical (unpaired) electrons.